The Kier molecular flexibility index (Phi) is 4.10. The maximum atomic E-state index is 13.2. The second kappa shape index (κ2) is 4.91. The Labute approximate surface area is 105 Å². The van der Waals surface area contributed by atoms with Gasteiger partial charge in [0.05, 0.1) is 4.90 Å². The van der Waals surface area contributed by atoms with Crippen molar-refractivity contribution in [3.8, 4) is 0 Å². The molecule has 0 aliphatic carbocycles. The highest BCUT2D eigenvalue weighted by molar-refractivity contribution is 7.92. The highest BCUT2D eigenvalue weighted by Gasteiger charge is 2.38. The summed E-state index contributed by atoms with van der Waals surface area (Å²) in [5, 5.41) is 0. The van der Waals surface area contributed by atoms with Crippen LogP contribution in [0.3, 0.4) is 0 Å². The Morgan fingerprint density at radius 1 is 1.06 bits per heavy atom. The molecule has 18 heavy (non-hydrogen) atoms. The molecule has 1 rings (SSSR count). The number of hydrogen-bond donors (Lipinski definition) is 0. The van der Waals surface area contributed by atoms with Crippen LogP contribution in [0.15, 0.2) is 29.2 Å². The summed E-state index contributed by atoms with van der Waals surface area (Å²) in [4.78, 5) is -0.370. The van der Waals surface area contributed by atoms with Crippen molar-refractivity contribution >= 4 is 9.84 Å². The molecule has 0 fully saturated rings. The zero-order valence-corrected chi connectivity index (χ0v) is 11.1. The van der Waals surface area contributed by atoms with Gasteiger partial charge in [0.2, 0.25) is 9.84 Å². The van der Waals surface area contributed by atoms with Gasteiger partial charge in [-0.3, -0.25) is 0 Å². The van der Waals surface area contributed by atoms with Gasteiger partial charge in [0.1, 0.15) is 0 Å². The molecule has 0 aromatic heterocycles. The first-order chi connectivity index (χ1) is 8.08. The van der Waals surface area contributed by atoms with Gasteiger partial charge in [-0.25, -0.2) is 21.6 Å². The number of alkyl halides is 3. The molecule has 0 aliphatic rings. The van der Waals surface area contributed by atoms with Crippen molar-refractivity contribution in [3.05, 3.63) is 29.8 Å². The van der Waals surface area contributed by atoms with Gasteiger partial charge in [0.25, 0.3) is 11.9 Å². The van der Waals surface area contributed by atoms with Crippen molar-refractivity contribution in [1.29, 1.82) is 0 Å². The first-order valence-electron chi connectivity index (χ1n) is 5.34. The second-order valence-corrected chi connectivity index (χ2v) is 6.96. The fourth-order valence-electron chi connectivity index (χ4n) is 1.59. The van der Waals surface area contributed by atoms with Crippen molar-refractivity contribution < 1.29 is 21.6 Å². The standard InChI is InChI=1S/C12H15F3O2S/c1-12(2,3)8-6-4-5-7-9(8)18(16,17)11(15)10(13)14/h4-7,10-11H,1-3H3. The summed E-state index contributed by atoms with van der Waals surface area (Å²) in [7, 11) is -4.67. The summed E-state index contributed by atoms with van der Waals surface area (Å²) < 4.78 is 61.4. The van der Waals surface area contributed by atoms with Gasteiger partial charge in [-0.15, -0.1) is 0 Å². The molecule has 2 nitrogen and oxygen atoms in total. The molecule has 6 heteroatoms. The molecule has 1 aromatic rings. The maximum absolute atomic E-state index is 13.2. The summed E-state index contributed by atoms with van der Waals surface area (Å²) in [5.74, 6) is 0. The summed E-state index contributed by atoms with van der Waals surface area (Å²) in [6.45, 7) is 5.20. The number of benzene rings is 1. The molecule has 0 saturated carbocycles. The Hall–Kier alpha value is -1.04. The van der Waals surface area contributed by atoms with Gasteiger partial charge < -0.3 is 0 Å². The van der Waals surface area contributed by atoms with E-state index in [0.717, 1.165) is 6.07 Å². The van der Waals surface area contributed by atoms with E-state index in [1.54, 1.807) is 26.8 Å². The van der Waals surface area contributed by atoms with Gasteiger partial charge >= 0.3 is 0 Å². The summed E-state index contributed by atoms with van der Waals surface area (Å²) in [6.07, 6.45) is -3.55. The van der Waals surface area contributed by atoms with E-state index < -0.39 is 27.2 Å². The average Bonchev–Trinajstić information content (AvgIpc) is 2.26. The Morgan fingerprint density at radius 3 is 2.00 bits per heavy atom. The third-order valence-corrected chi connectivity index (χ3v) is 4.26. The lowest BCUT2D eigenvalue weighted by Gasteiger charge is -2.23. The van der Waals surface area contributed by atoms with E-state index in [-0.39, 0.29) is 4.90 Å². The monoisotopic (exact) mass is 280 g/mol. The molecule has 1 unspecified atom stereocenters. The number of sulfone groups is 1. The van der Waals surface area contributed by atoms with Crippen LogP contribution in [0, 0.1) is 0 Å². The molecule has 0 amide bonds. The van der Waals surface area contributed by atoms with Gasteiger partial charge in [0.15, 0.2) is 0 Å². The fraction of sp³-hybridized carbons (Fsp3) is 0.500. The quantitative estimate of drug-likeness (QED) is 0.851. The van der Waals surface area contributed by atoms with Gasteiger partial charge in [-0.05, 0) is 17.0 Å². The van der Waals surface area contributed by atoms with Crippen LogP contribution in [0.5, 0.6) is 0 Å². The lowest BCUT2D eigenvalue weighted by atomic mass is 9.87. The molecule has 0 saturated heterocycles. The van der Waals surface area contributed by atoms with E-state index in [0.29, 0.717) is 5.56 Å². The van der Waals surface area contributed by atoms with Crippen molar-refractivity contribution in [3.63, 3.8) is 0 Å². The van der Waals surface area contributed by atoms with E-state index in [9.17, 15) is 21.6 Å². The number of halogens is 3. The van der Waals surface area contributed by atoms with E-state index >= 15 is 0 Å². The lowest BCUT2D eigenvalue weighted by molar-refractivity contribution is 0.0902. The predicted molar refractivity (Wildman–Crippen MR) is 63.2 cm³/mol. The molecule has 0 bridgehead atoms. The van der Waals surface area contributed by atoms with Crippen LogP contribution in [0.1, 0.15) is 26.3 Å². The molecule has 102 valence electrons. The minimum Gasteiger partial charge on any atom is -0.223 e. The topological polar surface area (TPSA) is 34.1 Å². The smallest absolute Gasteiger partial charge is 0.223 e. The minimum atomic E-state index is -4.67. The van der Waals surface area contributed by atoms with Crippen molar-refractivity contribution in [2.24, 2.45) is 0 Å². The van der Waals surface area contributed by atoms with Crippen LogP contribution in [-0.2, 0) is 15.3 Å². The SMILES string of the molecule is CC(C)(C)c1ccccc1S(=O)(=O)C(F)C(F)F. The molecule has 0 spiro atoms. The molecule has 0 aliphatic heterocycles. The van der Waals surface area contributed by atoms with Crippen molar-refractivity contribution in [2.75, 3.05) is 0 Å². The van der Waals surface area contributed by atoms with Gasteiger partial charge in [-0.1, -0.05) is 39.0 Å². The highest BCUT2D eigenvalue weighted by atomic mass is 32.2. The molecule has 0 N–H and O–H groups in total. The summed E-state index contributed by atoms with van der Waals surface area (Å²) in [6, 6.07) is 5.64. The van der Waals surface area contributed by atoms with Gasteiger partial charge in [-0.2, -0.15) is 0 Å². The lowest BCUT2D eigenvalue weighted by Crippen LogP contribution is -2.27. The first-order valence-corrected chi connectivity index (χ1v) is 6.88. The predicted octanol–water partition coefficient (Wildman–Crippen LogP) is 3.32. The third kappa shape index (κ3) is 2.85. The molecular weight excluding hydrogens is 265 g/mol. The molecule has 0 heterocycles. The molecule has 0 radical (unpaired) electrons. The zero-order chi connectivity index (χ0) is 14.1. The highest BCUT2D eigenvalue weighted by Crippen LogP contribution is 2.32. The van der Waals surface area contributed by atoms with Crippen molar-refractivity contribution in [1.82, 2.24) is 0 Å². The average molecular weight is 280 g/mol. The second-order valence-electron chi connectivity index (χ2n) is 4.98. The summed E-state index contributed by atoms with van der Waals surface area (Å²) in [5.41, 5.74) is -3.44. The normalized spacial score (nSPS) is 14.8. The molecule has 1 aromatic carbocycles. The number of rotatable bonds is 3. The van der Waals surface area contributed by atoms with Crippen LogP contribution in [0.2, 0.25) is 0 Å². The van der Waals surface area contributed by atoms with Crippen LogP contribution in [-0.4, -0.2) is 20.3 Å². The first kappa shape index (κ1) is 15.0. The van der Waals surface area contributed by atoms with Crippen LogP contribution in [0.25, 0.3) is 0 Å². The largest absolute Gasteiger partial charge is 0.284 e. The Morgan fingerprint density at radius 2 is 1.56 bits per heavy atom. The van der Waals surface area contributed by atoms with Gasteiger partial charge in [0, 0.05) is 0 Å². The van der Waals surface area contributed by atoms with E-state index in [4.69, 9.17) is 0 Å². The molecule has 1 atom stereocenters. The Balaban J connectivity index is 3.43. The van der Waals surface area contributed by atoms with Crippen LogP contribution in [0.4, 0.5) is 13.2 Å². The minimum absolute atomic E-state index is 0.327. The zero-order valence-electron chi connectivity index (χ0n) is 10.3. The van der Waals surface area contributed by atoms with Crippen LogP contribution < -0.4 is 0 Å². The van der Waals surface area contributed by atoms with E-state index in [1.807, 2.05) is 0 Å². The van der Waals surface area contributed by atoms with E-state index in [2.05, 4.69) is 0 Å². The third-order valence-electron chi connectivity index (χ3n) is 2.50. The number of hydrogen-bond acceptors (Lipinski definition) is 2. The maximum Gasteiger partial charge on any atom is 0.284 e. The van der Waals surface area contributed by atoms with E-state index in [1.165, 1.54) is 12.1 Å². The van der Waals surface area contributed by atoms with Crippen LogP contribution >= 0.6 is 0 Å². The summed E-state index contributed by atoms with van der Waals surface area (Å²) >= 11 is 0. The Bertz CT molecular complexity index is 518. The van der Waals surface area contributed by atoms with Crippen molar-refractivity contribution in [2.45, 2.75) is 43.0 Å². The molecular formula is C12H15F3O2S. The fourth-order valence-corrected chi connectivity index (χ4v) is 3.05.